The topological polar surface area (TPSA) is 29.1 Å². The van der Waals surface area contributed by atoms with Crippen molar-refractivity contribution < 1.29 is 9.18 Å². The molecule has 0 aliphatic heterocycles. The molecule has 1 amide bonds. The zero-order valence-electron chi connectivity index (χ0n) is 8.14. The van der Waals surface area contributed by atoms with Gasteiger partial charge in [-0.2, -0.15) is 0 Å². The maximum Gasteiger partial charge on any atom is 0.257 e. The number of amides is 1. The summed E-state index contributed by atoms with van der Waals surface area (Å²) in [5, 5.41) is 2.78. The molecule has 2 saturated carbocycles. The number of carbonyl (C=O) groups is 1. The van der Waals surface area contributed by atoms with Crippen LogP contribution in [-0.4, -0.2) is 17.6 Å². The minimum Gasteiger partial charge on any atom is -0.350 e. The molecule has 74 valence electrons. The molecule has 2 rings (SSSR count). The Bertz CT molecular complexity index is 224. The monoisotopic (exact) mass is 185 g/mol. The normalized spacial score (nSPS) is 37.0. The van der Waals surface area contributed by atoms with Crippen molar-refractivity contribution >= 4 is 5.91 Å². The van der Waals surface area contributed by atoms with E-state index in [9.17, 15) is 9.18 Å². The van der Waals surface area contributed by atoms with Crippen molar-refractivity contribution in [3.63, 3.8) is 0 Å². The number of hydrogen-bond acceptors (Lipinski definition) is 1. The second kappa shape index (κ2) is 2.69. The molecule has 0 aromatic carbocycles. The van der Waals surface area contributed by atoms with Gasteiger partial charge in [-0.25, -0.2) is 4.39 Å². The van der Waals surface area contributed by atoms with Gasteiger partial charge in [0.25, 0.3) is 5.91 Å². The molecule has 2 nitrogen and oxygen atoms in total. The van der Waals surface area contributed by atoms with Crippen LogP contribution in [0.3, 0.4) is 0 Å². The lowest BCUT2D eigenvalue weighted by molar-refractivity contribution is -0.131. The second-order valence-corrected chi connectivity index (χ2v) is 4.73. The Hall–Kier alpha value is -0.600. The number of hydrogen-bond donors (Lipinski definition) is 1. The number of alkyl halides is 1. The van der Waals surface area contributed by atoms with Gasteiger partial charge in [0.15, 0.2) is 5.67 Å². The third-order valence-corrected chi connectivity index (χ3v) is 3.24. The Kier molecular flexibility index (Phi) is 1.86. The van der Waals surface area contributed by atoms with E-state index in [-0.39, 0.29) is 6.04 Å². The molecule has 0 aromatic heterocycles. The van der Waals surface area contributed by atoms with Crippen LogP contribution in [0.2, 0.25) is 0 Å². The zero-order valence-corrected chi connectivity index (χ0v) is 8.14. The van der Waals surface area contributed by atoms with Crippen molar-refractivity contribution in [2.45, 2.75) is 44.8 Å². The van der Waals surface area contributed by atoms with Gasteiger partial charge in [-0.3, -0.25) is 4.79 Å². The van der Waals surface area contributed by atoms with Crippen LogP contribution < -0.4 is 5.32 Å². The molecule has 0 spiro atoms. The predicted octanol–water partition coefficient (Wildman–Crippen LogP) is 1.65. The summed E-state index contributed by atoms with van der Waals surface area (Å²) in [6, 6.07) is 0.288. The molecule has 1 N–H and O–H groups in total. The molecule has 2 aliphatic carbocycles. The van der Waals surface area contributed by atoms with Crippen molar-refractivity contribution in [3.05, 3.63) is 0 Å². The first-order chi connectivity index (χ1) is 6.00. The van der Waals surface area contributed by atoms with Crippen molar-refractivity contribution in [1.82, 2.24) is 5.32 Å². The summed E-state index contributed by atoms with van der Waals surface area (Å²) in [4.78, 5) is 11.3. The lowest BCUT2D eigenvalue weighted by atomic mass is 10.1. The van der Waals surface area contributed by atoms with Crippen LogP contribution in [0.1, 0.15) is 33.1 Å². The molecule has 2 atom stereocenters. The predicted molar refractivity (Wildman–Crippen MR) is 47.9 cm³/mol. The fraction of sp³-hybridized carbons (Fsp3) is 0.900. The highest BCUT2D eigenvalue weighted by Gasteiger charge is 2.54. The van der Waals surface area contributed by atoms with Gasteiger partial charge in [0.05, 0.1) is 0 Å². The molecule has 13 heavy (non-hydrogen) atoms. The minimum atomic E-state index is -1.73. The van der Waals surface area contributed by atoms with Gasteiger partial charge in [-0.05, 0) is 38.5 Å². The van der Waals surface area contributed by atoms with Gasteiger partial charge in [-0.15, -0.1) is 0 Å². The Morgan fingerprint density at radius 1 is 1.38 bits per heavy atom. The summed E-state index contributed by atoms with van der Waals surface area (Å²) in [6.07, 6.45) is 3.70. The molecule has 0 radical (unpaired) electrons. The molecular formula is C10H16FNO. The summed E-state index contributed by atoms with van der Waals surface area (Å²) in [5.74, 6) is 0.865. The summed E-state index contributed by atoms with van der Waals surface area (Å²) >= 11 is 0. The van der Waals surface area contributed by atoms with E-state index in [0.717, 1.165) is 0 Å². The molecule has 2 aliphatic rings. The number of fused-ring (bicyclic) bond motifs is 1. The fourth-order valence-corrected chi connectivity index (χ4v) is 2.36. The van der Waals surface area contributed by atoms with E-state index in [1.165, 1.54) is 33.1 Å². The third kappa shape index (κ3) is 1.56. The van der Waals surface area contributed by atoms with Gasteiger partial charge in [0, 0.05) is 6.04 Å². The fourth-order valence-electron chi connectivity index (χ4n) is 2.36. The van der Waals surface area contributed by atoms with Crippen LogP contribution in [0.5, 0.6) is 0 Å². The molecule has 0 aromatic rings. The average Bonchev–Trinajstić information content (AvgIpc) is 2.47. The van der Waals surface area contributed by atoms with E-state index in [1.807, 2.05) is 0 Å². The van der Waals surface area contributed by atoms with Crippen LogP contribution >= 0.6 is 0 Å². The molecule has 0 bridgehead atoms. The second-order valence-electron chi connectivity index (χ2n) is 4.73. The van der Waals surface area contributed by atoms with Crippen LogP contribution in [0.15, 0.2) is 0 Å². The molecule has 3 heteroatoms. The maximum absolute atomic E-state index is 13.1. The number of carbonyl (C=O) groups excluding carboxylic acids is 1. The van der Waals surface area contributed by atoms with E-state index in [4.69, 9.17) is 0 Å². The lowest BCUT2D eigenvalue weighted by Crippen LogP contribution is -2.41. The standard InChI is InChI=1S/C10H16FNO/c1-10(2,11)9(13)12-8-6-4-3-5-7(6)8/h6-8H,3-5H2,1-2H3,(H,12,13). The number of rotatable bonds is 2. The highest BCUT2D eigenvalue weighted by molar-refractivity contribution is 5.84. The van der Waals surface area contributed by atoms with Gasteiger partial charge < -0.3 is 5.32 Å². The zero-order chi connectivity index (χ0) is 9.64. The quantitative estimate of drug-likeness (QED) is 0.696. The molecule has 0 saturated heterocycles. The summed E-state index contributed by atoms with van der Waals surface area (Å²) in [7, 11) is 0. The van der Waals surface area contributed by atoms with E-state index in [1.54, 1.807) is 0 Å². The van der Waals surface area contributed by atoms with E-state index < -0.39 is 11.6 Å². The Balaban J connectivity index is 1.84. The van der Waals surface area contributed by atoms with E-state index >= 15 is 0 Å². The van der Waals surface area contributed by atoms with Gasteiger partial charge in [0.2, 0.25) is 0 Å². The van der Waals surface area contributed by atoms with Crippen LogP contribution in [0, 0.1) is 11.8 Å². The SMILES string of the molecule is CC(C)(F)C(=O)NC1C2CCCC21. The van der Waals surface area contributed by atoms with Gasteiger partial charge >= 0.3 is 0 Å². The summed E-state index contributed by atoms with van der Waals surface area (Å²) < 4.78 is 13.1. The minimum absolute atomic E-state index is 0.288. The molecule has 2 unspecified atom stereocenters. The van der Waals surface area contributed by atoms with Crippen LogP contribution in [-0.2, 0) is 4.79 Å². The van der Waals surface area contributed by atoms with Crippen molar-refractivity contribution in [3.8, 4) is 0 Å². The highest BCUT2D eigenvalue weighted by atomic mass is 19.1. The largest absolute Gasteiger partial charge is 0.350 e. The Morgan fingerprint density at radius 2 is 1.92 bits per heavy atom. The number of nitrogens with one attached hydrogen (secondary N) is 1. The molecule has 2 fully saturated rings. The number of halogens is 1. The van der Waals surface area contributed by atoms with Crippen molar-refractivity contribution in [2.75, 3.05) is 0 Å². The third-order valence-electron chi connectivity index (χ3n) is 3.24. The van der Waals surface area contributed by atoms with Crippen LogP contribution in [0.25, 0.3) is 0 Å². The summed E-state index contributed by atoms with van der Waals surface area (Å²) in [6.45, 7) is 2.61. The van der Waals surface area contributed by atoms with Crippen LogP contribution in [0.4, 0.5) is 4.39 Å². The highest BCUT2D eigenvalue weighted by Crippen LogP contribution is 2.51. The Labute approximate surface area is 77.9 Å². The maximum atomic E-state index is 13.1. The van der Waals surface area contributed by atoms with Crippen molar-refractivity contribution in [2.24, 2.45) is 11.8 Å². The Morgan fingerprint density at radius 3 is 2.38 bits per heavy atom. The van der Waals surface area contributed by atoms with E-state index in [0.29, 0.717) is 11.8 Å². The first-order valence-electron chi connectivity index (χ1n) is 5.00. The summed E-state index contributed by atoms with van der Waals surface area (Å²) in [5.41, 5.74) is -1.73. The van der Waals surface area contributed by atoms with E-state index in [2.05, 4.69) is 5.32 Å². The smallest absolute Gasteiger partial charge is 0.257 e. The van der Waals surface area contributed by atoms with Crippen molar-refractivity contribution in [1.29, 1.82) is 0 Å². The van der Waals surface area contributed by atoms with Gasteiger partial charge in [-0.1, -0.05) is 6.42 Å². The first kappa shape index (κ1) is 8.97. The first-order valence-corrected chi connectivity index (χ1v) is 5.00. The average molecular weight is 185 g/mol. The van der Waals surface area contributed by atoms with Gasteiger partial charge in [0.1, 0.15) is 0 Å². The lowest BCUT2D eigenvalue weighted by Gasteiger charge is -2.14. The molecular weight excluding hydrogens is 169 g/mol. The molecule has 0 heterocycles.